The number of carbonyl (C=O) groups is 1. The number of amides is 1. The molecule has 96 valence electrons. The molecule has 3 heterocycles. The van der Waals surface area contributed by atoms with Crippen LogP contribution >= 0.6 is 31.9 Å². The van der Waals surface area contributed by atoms with Gasteiger partial charge in [0.2, 0.25) is 0 Å². The van der Waals surface area contributed by atoms with Crippen molar-refractivity contribution >= 4 is 37.8 Å². The minimum absolute atomic E-state index is 0.0781. The molecule has 1 amide bonds. The average molecular weight is 374 g/mol. The zero-order valence-electron chi connectivity index (χ0n) is 9.85. The summed E-state index contributed by atoms with van der Waals surface area (Å²) in [4.78, 5) is 19.4. The lowest BCUT2D eigenvalue weighted by Crippen LogP contribution is -2.47. The van der Waals surface area contributed by atoms with Gasteiger partial charge in [-0.25, -0.2) is 4.98 Å². The van der Waals surface area contributed by atoms with E-state index in [1.807, 2.05) is 12.1 Å². The van der Waals surface area contributed by atoms with E-state index in [1.54, 1.807) is 6.20 Å². The quantitative estimate of drug-likeness (QED) is 0.707. The molecule has 1 aromatic heterocycles. The van der Waals surface area contributed by atoms with E-state index in [9.17, 15) is 4.79 Å². The molecular weight excluding hydrogens is 360 g/mol. The minimum atomic E-state index is 0.0781. The third kappa shape index (κ3) is 2.11. The predicted octanol–water partition coefficient (Wildman–Crippen LogP) is 3.37. The predicted molar refractivity (Wildman–Crippen MR) is 76.9 cm³/mol. The number of carbonyl (C=O) groups excluding carboxylic acids is 1. The van der Waals surface area contributed by atoms with Gasteiger partial charge in [-0.15, -0.1) is 0 Å². The zero-order chi connectivity index (χ0) is 12.7. The fraction of sp³-hybridized carbons (Fsp3) is 0.538. The topological polar surface area (TPSA) is 33.2 Å². The van der Waals surface area contributed by atoms with E-state index in [4.69, 9.17) is 0 Å². The maximum Gasteiger partial charge on any atom is 0.274 e. The molecule has 2 bridgehead atoms. The summed E-state index contributed by atoms with van der Waals surface area (Å²) in [5.74, 6) is 0.0781. The van der Waals surface area contributed by atoms with Crippen LogP contribution < -0.4 is 0 Å². The third-order valence-electron chi connectivity index (χ3n) is 3.87. The number of pyridine rings is 1. The molecule has 2 atom stereocenters. The number of piperidine rings is 1. The van der Waals surface area contributed by atoms with Gasteiger partial charge < -0.3 is 4.90 Å². The maximum absolute atomic E-state index is 12.6. The van der Waals surface area contributed by atoms with Crippen LogP contribution in [-0.2, 0) is 0 Å². The lowest BCUT2D eigenvalue weighted by molar-refractivity contribution is 0.0596. The summed E-state index contributed by atoms with van der Waals surface area (Å²) >= 11 is 7.11. The summed E-state index contributed by atoms with van der Waals surface area (Å²) in [6.45, 7) is 0. The van der Waals surface area contributed by atoms with Crippen LogP contribution in [0.1, 0.15) is 36.2 Å². The van der Waals surface area contributed by atoms with Crippen LogP contribution in [-0.4, -0.2) is 32.7 Å². The fourth-order valence-electron chi connectivity index (χ4n) is 3.11. The number of hydrogen-bond acceptors (Lipinski definition) is 2. The molecule has 2 aliphatic heterocycles. The van der Waals surface area contributed by atoms with Gasteiger partial charge in [0.1, 0.15) is 5.69 Å². The molecular formula is C13H14Br2N2O. The summed E-state index contributed by atoms with van der Waals surface area (Å²) < 4.78 is 0.787. The Morgan fingerprint density at radius 1 is 1.33 bits per heavy atom. The number of nitrogens with zero attached hydrogens (tertiary/aromatic N) is 2. The molecule has 18 heavy (non-hydrogen) atoms. The van der Waals surface area contributed by atoms with Crippen LogP contribution in [0.4, 0.5) is 0 Å². The molecule has 3 rings (SSSR count). The molecule has 5 heteroatoms. The van der Waals surface area contributed by atoms with Crippen molar-refractivity contribution in [2.45, 2.75) is 42.6 Å². The van der Waals surface area contributed by atoms with Crippen molar-refractivity contribution in [2.24, 2.45) is 0 Å². The summed E-state index contributed by atoms with van der Waals surface area (Å²) in [5, 5.41) is 0. The molecule has 2 unspecified atom stereocenters. The van der Waals surface area contributed by atoms with Crippen LogP contribution in [0, 0.1) is 0 Å². The molecule has 3 nitrogen and oxygen atoms in total. The second-order valence-electron chi connectivity index (χ2n) is 5.00. The van der Waals surface area contributed by atoms with E-state index in [1.165, 1.54) is 0 Å². The first-order valence-electron chi connectivity index (χ1n) is 6.24. The van der Waals surface area contributed by atoms with E-state index < -0.39 is 0 Å². The standard InChI is InChI=1S/C13H14Br2N2O/c14-8-6-9-3-4-10(7-8)17(9)13(18)12-11(15)2-1-5-16-12/h1-2,5,8-10H,3-4,6-7H2. The van der Waals surface area contributed by atoms with Gasteiger partial charge in [0.25, 0.3) is 5.91 Å². The van der Waals surface area contributed by atoms with Crippen molar-refractivity contribution < 1.29 is 4.79 Å². The fourth-order valence-corrected chi connectivity index (χ4v) is 4.40. The van der Waals surface area contributed by atoms with Crippen LogP contribution in [0.3, 0.4) is 0 Å². The molecule has 2 saturated heterocycles. The lowest BCUT2D eigenvalue weighted by atomic mass is 10.0. The molecule has 1 aromatic rings. The molecule has 0 saturated carbocycles. The lowest BCUT2D eigenvalue weighted by Gasteiger charge is -2.37. The average Bonchev–Trinajstić information content (AvgIpc) is 2.61. The monoisotopic (exact) mass is 372 g/mol. The minimum Gasteiger partial charge on any atom is -0.331 e. The Hall–Kier alpha value is -0.420. The van der Waals surface area contributed by atoms with Gasteiger partial charge in [0, 0.05) is 27.6 Å². The van der Waals surface area contributed by atoms with E-state index in [-0.39, 0.29) is 5.91 Å². The van der Waals surface area contributed by atoms with Crippen molar-refractivity contribution in [3.63, 3.8) is 0 Å². The summed E-state index contributed by atoms with van der Waals surface area (Å²) in [6.07, 6.45) is 6.06. The molecule has 0 N–H and O–H groups in total. The first-order chi connectivity index (χ1) is 8.66. The SMILES string of the molecule is O=C(c1ncccc1Br)N1C2CCC1CC(Br)C2. The summed E-state index contributed by atoms with van der Waals surface area (Å²) in [6, 6.07) is 4.48. The van der Waals surface area contributed by atoms with Gasteiger partial charge in [-0.05, 0) is 53.7 Å². The normalized spacial score (nSPS) is 30.6. The Balaban J connectivity index is 1.88. The first kappa shape index (κ1) is 12.6. The smallest absolute Gasteiger partial charge is 0.274 e. The number of fused-ring (bicyclic) bond motifs is 2. The number of halogens is 2. The number of rotatable bonds is 1. The van der Waals surface area contributed by atoms with E-state index >= 15 is 0 Å². The molecule has 0 radical (unpaired) electrons. The van der Waals surface area contributed by atoms with Crippen molar-refractivity contribution in [2.75, 3.05) is 0 Å². The van der Waals surface area contributed by atoms with Gasteiger partial charge in [0.05, 0.1) is 0 Å². The van der Waals surface area contributed by atoms with Crippen molar-refractivity contribution in [3.8, 4) is 0 Å². The number of aromatic nitrogens is 1. The summed E-state index contributed by atoms with van der Waals surface area (Å²) in [7, 11) is 0. The largest absolute Gasteiger partial charge is 0.331 e. The number of hydrogen-bond donors (Lipinski definition) is 0. The Morgan fingerprint density at radius 3 is 2.61 bits per heavy atom. The van der Waals surface area contributed by atoms with Crippen LogP contribution in [0.2, 0.25) is 0 Å². The molecule has 0 spiro atoms. The second kappa shape index (κ2) is 4.93. The highest BCUT2D eigenvalue weighted by Gasteiger charge is 2.43. The number of alkyl halides is 1. The Morgan fingerprint density at radius 2 is 2.00 bits per heavy atom. The second-order valence-corrected chi connectivity index (χ2v) is 7.15. The van der Waals surface area contributed by atoms with Crippen LogP contribution in [0.15, 0.2) is 22.8 Å². The van der Waals surface area contributed by atoms with E-state index in [2.05, 4.69) is 41.7 Å². The highest BCUT2D eigenvalue weighted by Crippen LogP contribution is 2.39. The summed E-state index contributed by atoms with van der Waals surface area (Å²) in [5.41, 5.74) is 0.544. The van der Waals surface area contributed by atoms with Gasteiger partial charge >= 0.3 is 0 Å². The van der Waals surface area contributed by atoms with Gasteiger partial charge in [-0.1, -0.05) is 15.9 Å². The van der Waals surface area contributed by atoms with E-state index in [0.717, 1.165) is 30.2 Å². The van der Waals surface area contributed by atoms with Crippen LogP contribution in [0.5, 0.6) is 0 Å². The van der Waals surface area contributed by atoms with Crippen molar-refractivity contribution in [1.82, 2.24) is 9.88 Å². The van der Waals surface area contributed by atoms with Gasteiger partial charge in [0.15, 0.2) is 0 Å². The van der Waals surface area contributed by atoms with Crippen molar-refractivity contribution in [3.05, 3.63) is 28.5 Å². The van der Waals surface area contributed by atoms with Gasteiger partial charge in [-0.2, -0.15) is 0 Å². The highest BCUT2D eigenvalue weighted by atomic mass is 79.9. The molecule has 2 aliphatic rings. The highest BCUT2D eigenvalue weighted by molar-refractivity contribution is 9.10. The molecule has 0 aromatic carbocycles. The van der Waals surface area contributed by atoms with Crippen molar-refractivity contribution in [1.29, 1.82) is 0 Å². The molecule has 0 aliphatic carbocycles. The van der Waals surface area contributed by atoms with Gasteiger partial charge in [-0.3, -0.25) is 4.79 Å². The van der Waals surface area contributed by atoms with E-state index in [0.29, 0.717) is 22.6 Å². The first-order valence-corrected chi connectivity index (χ1v) is 7.95. The van der Waals surface area contributed by atoms with Crippen LogP contribution in [0.25, 0.3) is 0 Å². The molecule has 2 fully saturated rings. The Labute approximate surface area is 123 Å². The maximum atomic E-state index is 12.6. The Kier molecular flexibility index (Phi) is 3.45. The third-order valence-corrected chi connectivity index (χ3v) is 5.26. The zero-order valence-corrected chi connectivity index (χ0v) is 13.0. The Bertz CT molecular complexity index is 466.